The number of fused-ring (bicyclic) bond motifs is 1. The summed E-state index contributed by atoms with van der Waals surface area (Å²) in [6, 6.07) is 9.93. The van der Waals surface area contributed by atoms with Crippen LogP contribution in [-0.2, 0) is 4.79 Å². The Balaban J connectivity index is 2.18. The molecule has 0 bridgehead atoms. The first-order valence-electron chi connectivity index (χ1n) is 5.96. The molecule has 0 aliphatic heterocycles. The minimum atomic E-state index is -0.167. The lowest BCUT2D eigenvalue weighted by molar-refractivity contribution is -0.105. The van der Waals surface area contributed by atoms with Gasteiger partial charge in [-0.3, -0.25) is 14.6 Å². The molecule has 1 amide bonds. The van der Waals surface area contributed by atoms with Crippen LogP contribution in [0.5, 0.6) is 0 Å². The van der Waals surface area contributed by atoms with Crippen LogP contribution in [0, 0.1) is 0 Å². The van der Waals surface area contributed by atoms with Gasteiger partial charge in [0.25, 0.3) is 0 Å². The van der Waals surface area contributed by atoms with Gasteiger partial charge in [-0.05, 0) is 30.3 Å². The summed E-state index contributed by atoms with van der Waals surface area (Å²) < 4.78 is 5.71. The van der Waals surface area contributed by atoms with Crippen molar-refractivity contribution in [2.75, 3.05) is 5.32 Å². The van der Waals surface area contributed by atoms with Crippen LogP contribution in [0.4, 0.5) is 5.69 Å². The average Bonchev–Trinajstić information content (AvgIpc) is 2.49. The normalized spacial score (nSPS) is 10.4. The van der Waals surface area contributed by atoms with Crippen molar-refractivity contribution in [1.29, 1.82) is 0 Å². The summed E-state index contributed by atoms with van der Waals surface area (Å²) in [5.41, 5.74) is 1.59. The zero-order valence-corrected chi connectivity index (χ0v) is 10.4. The number of carbonyl (C=O) groups is 1. The molecule has 0 saturated heterocycles. The molecule has 98 valence electrons. The van der Waals surface area contributed by atoms with E-state index in [-0.39, 0.29) is 5.43 Å². The zero-order valence-electron chi connectivity index (χ0n) is 10.4. The lowest BCUT2D eigenvalue weighted by atomic mass is 10.1. The number of carbonyl (C=O) groups excluding carboxylic acids is 1. The van der Waals surface area contributed by atoms with Gasteiger partial charge >= 0.3 is 0 Å². The molecule has 0 aliphatic carbocycles. The second-order valence-corrected chi connectivity index (χ2v) is 4.19. The molecule has 0 radical (unpaired) electrons. The predicted molar refractivity (Wildman–Crippen MR) is 75.4 cm³/mol. The molecule has 2 aromatic heterocycles. The number of benzene rings is 1. The van der Waals surface area contributed by atoms with E-state index in [1.54, 1.807) is 36.7 Å². The second-order valence-electron chi connectivity index (χ2n) is 4.19. The third-order valence-corrected chi connectivity index (χ3v) is 2.90. The van der Waals surface area contributed by atoms with Crippen molar-refractivity contribution in [3.8, 4) is 11.3 Å². The molecule has 1 aromatic carbocycles. The Bertz CT molecular complexity index is 825. The Morgan fingerprint density at radius 1 is 1.20 bits per heavy atom. The number of anilines is 1. The summed E-state index contributed by atoms with van der Waals surface area (Å²) >= 11 is 0. The molecule has 0 aliphatic rings. The van der Waals surface area contributed by atoms with E-state index in [0.29, 0.717) is 28.8 Å². The van der Waals surface area contributed by atoms with E-state index in [0.717, 1.165) is 5.56 Å². The van der Waals surface area contributed by atoms with Gasteiger partial charge in [0, 0.05) is 29.7 Å². The van der Waals surface area contributed by atoms with E-state index < -0.39 is 0 Å². The first-order valence-corrected chi connectivity index (χ1v) is 5.96. The van der Waals surface area contributed by atoms with Crippen LogP contribution < -0.4 is 10.7 Å². The molecule has 1 N–H and O–H groups in total. The maximum atomic E-state index is 12.1. The molecule has 0 unspecified atom stereocenters. The van der Waals surface area contributed by atoms with E-state index >= 15 is 0 Å². The van der Waals surface area contributed by atoms with Gasteiger partial charge < -0.3 is 9.73 Å². The summed E-state index contributed by atoms with van der Waals surface area (Å²) in [6.45, 7) is 0. The summed E-state index contributed by atoms with van der Waals surface area (Å²) in [4.78, 5) is 26.5. The largest absolute Gasteiger partial charge is 0.456 e. The van der Waals surface area contributed by atoms with Crippen molar-refractivity contribution in [3.05, 3.63) is 59.0 Å². The van der Waals surface area contributed by atoms with Crippen molar-refractivity contribution in [1.82, 2.24) is 4.98 Å². The monoisotopic (exact) mass is 266 g/mol. The molecule has 3 rings (SSSR count). The number of aromatic nitrogens is 1. The van der Waals surface area contributed by atoms with Crippen molar-refractivity contribution in [2.24, 2.45) is 0 Å². The van der Waals surface area contributed by atoms with Crippen LogP contribution in [0.3, 0.4) is 0 Å². The number of pyridine rings is 1. The van der Waals surface area contributed by atoms with E-state index in [1.165, 1.54) is 6.07 Å². The molecule has 3 aromatic rings. The lowest BCUT2D eigenvalue weighted by Gasteiger charge is -2.04. The molecule has 5 nitrogen and oxygen atoms in total. The number of amides is 1. The molecule has 20 heavy (non-hydrogen) atoms. The van der Waals surface area contributed by atoms with Crippen LogP contribution in [0.25, 0.3) is 22.3 Å². The van der Waals surface area contributed by atoms with Crippen molar-refractivity contribution in [2.45, 2.75) is 0 Å². The van der Waals surface area contributed by atoms with E-state index in [2.05, 4.69) is 10.3 Å². The van der Waals surface area contributed by atoms with Gasteiger partial charge in [-0.25, -0.2) is 0 Å². The average molecular weight is 266 g/mol. The Kier molecular flexibility index (Phi) is 3.01. The maximum absolute atomic E-state index is 12.1. The third-order valence-electron chi connectivity index (χ3n) is 2.90. The highest BCUT2D eigenvalue weighted by Gasteiger charge is 2.07. The first kappa shape index (κ1) is 12.1. The number of rotatable bonds is 3. The van der Waals surface area contributed by atoms with Crippen molar-refractivity contribution in [3.63, 3.8) is 0 Å². The quantitative estimate of drug-likeness (QED) is 0.739. The molecule has 0 fully saturated rings. The highest BCUT2D eigenvalue weighted by molar-refractivity contribution is 5.85. The molecular weight excluding hydrogens is 256 g/mol. The van der Waals surface area contributed by atoms with Crippen LogP contribution in [0.1, 0.15) is 0 Å². The smallest absolute Gasteiger partial charge is 0.211 e. The van der Waals surface area contributed by atoms with Crippen LogP contribution >= 0.6 is 0 Å². The molecule has 0 atom stereocenters. The SMILES string of the molecule is O=CNc1ccc2oc(-c3cccnc3)cc(=O)c2c1. The van der Waals surface area contributed by atoms with Gasteiger partial charge in [0.05, 0.1) is 5.39 Å². The summed E-state index contributed by atoms with van der Waals surface area (Å²) in [5, 5.41) is 2.92. The summed E-state index contributed by atoms with van der Waals surface area (Å²) in [7, 11) is 0. The van der Waals surface area contributed by atoms with E-state index in [4.69, 9.17) is 4.42 Å². The Hall–Kier alpha value is -2.95. The van der Waals surface area contributed by atoms with Gasteiger partial charge in [-0.2, -0.15) is 0 Å². The van der Waals surface area contributed by atoms with E-state index in [9.17, 15) is 9.59 Å². The topological polar surface area (TPSA) is 72.2 Å². The van der Waals surface area contributed by atoms with Crippen LogP contribution in [0.2, 0.25) is 0 Å². The minimum absolute atomic E-state index is 0.167. The fourth-order valence-corrected chi connectivity index (χ4v) is 1.96. The van der Waals surface area contributed by atoms with Gasteiger partial charge in [-0.15, -0.1) is 0 Å². The molecule has 5 heteroatoms. The summed E-state index contributed by atoms with van der Waals surface area (Å²) in [6.07, 6.45) is 3.85. The Morgan fingerprint density at radius 2 is 2.10 bits per heavy atom. The standard InChI is InChI=1S/C15H10N2O3/c18-9-17-11-3-4-14-12(6-11)13(19)7-15(20-14)10-2-1-5-16-8-10/h1-9H,(H,17,18). The maximum Gasteiger partial charge on any atom is 0.211 e. The van der Waals surface area contributed by atoms with Crippen LogP contribution in [0.15, 0.2) is 58.0 Å². The van der Waals surface area contributed by atoms with Gasteiger partial charge in [0.2, 0.25) is 6.41 Å². The van der Waals surface area contributed by atoms with Gasteiger partial charge in [-0.1, -0.05) is 0 Å². The molecular formula is C15H10N2O3. The first-order chi connectivity index (χ1) is 9.78. The number of nitrogens with zero attached hydrogens (tertiary/aromatic N) is 1. The predicted octanol–water partition coefficient (Wildman–Crippen LogP) is 2.42. The molecule has 0 saturated carbocycles. The number of hydrogen-bond donors (Lipinski definition) is 1. The highest BCUT2D eigenvalue weighted by atomic mass is 16.3. The lowest BCUT2D eigenvalue weighted by Crippen LogP contribution is -2.02. The fraction of sp³-hybridized carbons (Fsp3) is 0. The van der Waals surface area contributed by atoms with Crippen LogP contribution in [-0.4, -0.2) is 11.4 Å². The Labute approximate surface area is 113 Å². The molecule has 2 heterocycles. The third kappa shape index (κ3) is 2.16. The summed E-state index contributed by atoms with van der Waals surface area (Å²) in [5.74, 6) is 0.465. The zero-order chi connectivity index (χ0) is 13.9. The van der Waals surface area contributed by atoms with Gasteiger partial charge in [0.1, 0.15) is 11.3 Å². The van der Waals surface area contributed by atoms with Crippen molar-refractivity contribution < 1.29 is 9.21 Å². The van der Waals surface area contributed by atoms with E-state index in [1.807, 2.05) is 6.07 Å². The molecule has 0 spiro atoms. The Morgan fingerprint density at radius 3 is 2.85 bits per heavy atom. The number of nitrogens with one attached hydrogen (secondary N) is 1. The van der Waals surface area contributed by atoms with Gasteiger partial charge in [0.15, 0.2) is 5.43 Å². The minimum Gasteiger partial charge on any atom is -0.456 e. The second kappa shape index (κ2) is 4.97. The van der Waals surface area contributed by atoms with Crippen molar-refractivity contribution >= 4 is 23.1 Å². The fourth-order valence-electron chi connectivity index (χ4n) is 1.96. The highest BCUT2D eigenvalue weighted by Crippen LogP contribution is 2.22. The number of hydrogen-bond acceptors (Lipinski definition) is 4.